The molecule has 0 radical (unpaired) electrons. The van der Waals surface area contributed by atoms with Gasteiger partial charge in [0.25, 0.3) is 15.9 Å². The Balaban J connectivity index is 1.55. The number of nitrogens with one attached hydrogen (secondary N) is 1. The SMILES string of the molecule is COc1cccc(CN(C)c2cccc(S(=O)(=O)NC(=O)c3cccnc3N3CC(C)CC3(C)C)n2)c1. The smallest absolute Gasteiger partial charge is 0.281 e. The van der Waals surface area contributed by atoms with Gasteiger partial charge >= 0.3 is 0 Å². The fraction of sp³-hybridized carbons (Fsp3) is 0.370. The second kappa shape index (κ2) is 10.4. The molecule has 1 aromatic carbocycles. The Bertz CT molecular complexity index is 1390. The minimum absolute atomic E-state index is 0.203. The summed E-state index contributed by atoms with van der Waals surface area (Å²) in [6.45, 7) is 7.57. The lowest BCUT2D eigenvalue weighted by atomic mass is 9.97. The molecule has 9 nitrogen and oxygen atoms in total. The Morgan fingerprint density at radius 1 is 1.19 bits per heavy atom. The van der Waals surface area contributed by atoms with Gasteiger partial charge in [0.2, 0.25) is 0 Å². The van der Waals surface area contributed by atoms with E-state index >= 15 is 0 Å². The van der Waals surface area contributed by atoms with Crippen LogP contribution in [0.5, 0.6) is 5.75 Å². The van der Waals surface area contributed by atoms with Crippen molar-refractivity contribution in [3.8, 4) is 5.75 Å². The first-order chi connectivity index (χ1) is 17.5. The van der Waals surface area contributed by atoms with E-state index < -0.39 is 15.9 Å². The molecule has 1 fully saturated rings. The van der Waals surface area contributed by atoms with Crippen LogP contribution in [-0.4, -0.2) is 50.5 Å². The van der Waals surface area contributed by atoms with Crippen molar-refractivity contribution in [3.63, 3.8) is 0 Å². The number of carbonyl (C=O) groups is 1. The molecule has 196 valence electrons. The quantitative estimate of drug-likeness (QED) is 0.475. The van der Waals surface area contributed by atoms with Crippen molar-refractivity contribution in [2.75, 3.05) is 30.5 Å². The maximum Gasteiger partial charge on any atom is 0.281 e. The van der Waals surface area contributed by atoms with Crippen molar-refractivity contribution in [1.29, 1.82) is 0 Å². The highest BCUT2D eigenvalue weighted by atomic mass is 32.2. The number of anilines is 2. The molecular formula is C27H33N5O4S. The number of nitrogens with zero attached hydrogens (tertiary/aromatic N) is 4. The summed E-state index contributed by atoms with van der Waals surface area (Å²) in [6.07, 6.45) is 2.56. The Kier molecular flexibility index (Phi) is 7.40. The summed E-state index contributed by atoms with van der Waals surface area (Å²) >= 11 is 0. The van der Waals surface area contributed by atoms with Crippen molar-refractivity contribution in [1.82, 2.24) is 14.7 Å². The Morgan fingerprint density at radius 2 is 1.95 bits per heavy atom. The molecule has 1 atom stereocenters. The Labute approximate surface area is 218 Å². The number of sulfonamides is 1. The Hall–Kier alpha value is -3.66. The predicted octanol–water partition coefficient (Wildman–Crippen LogP) is 3.87. The number of aromatic nitrogens is 2. The van der Waals surface area contributed by atoms with E-state index in [2.05, 4.69) is 40.4 Å². The summed E-state index contributed by atoms with van der Waals surface area (Å²) in [5, 5.41) is -0.239. The molecule has 1 N–H and O–H groups in total. The maximum atomic E-state index is 13.2. The summed E-state index contributed by atoms with van der Waals surface area (Å²) in [5.41, 5.74) is 0.985. The molecule has 0 saturated carbocycles. The normalized spacial score (nSPS) is 16.9. The molecule has 1 aliphatic heterocycles. The van der Waals surface area contributed by atoms with E-state index in [1.54, 1.807) is 37.6 Å². The van der Waals surface area contributed by atoms with Crippen LogP contribution in [0.4, 0.5) is 11.6 Å². The van der Waals surface area contributed by atoms with Crippen LogP contribution in [0.2, 0.25) is 0 Å². The third-order valence-electron chi connectivity index (χ3n) is 6.52. The van der Waals surface area contributed by atoms with E-state index in [1.807, 2.05) is 36.2 Å². The molecule has 4 rings (SSSR count). The van der Waals surface area contributed by atoms with Crippen LogP contribution in [0.15, 0.2) is 65.8 Å². The van der Waals surface area contributed by atoms with E-state index in [-0.39, 0.29) is 16.1 Å². The molecular weight excluding hydrogens is 490 g/mol. The van der Waals surface area contributed by atoms with E-state index in [1.165, 1.54) is 6.07 Å². The molecule has 0 aliphatic carbocycles. The van der Waals surface area contributed by atoms with Crippen LogP contribution in [0.25, 0.3) is 0 Å². The number of rotatable bonds is 8. The molecule has 2 aromatic heterocycles. The van der Waals surface area contributed by atoms with Crippen molar-refractivity contribution in [2.45, 2.75) is 44.3 Å². The number of amides is 1. The fourth-order valence-electron chi connectivity index (χ4n) is 4.87. The standard InChI is InChI=1S/C27H33N5O4S/c1-19-16-27(2,3)32(17-19)25-22(11-8-14-28-25)26(33)30-37(34,35)24-13-7-12-23(29-24)31(4)18-20-9-6-10-21(15-20)36-5/h6-15,19H,16-18H2,1-5H3,(H,30,33). The fourth-order valence-corrected chi connectivity index (χ4v) is 5.80. The number of hydrogen-bond acceptors (Lipinski definition) is 8. The summed E-state index contributed by atoms with van der Waals surface area (Å²) in [4.78, 5) is 25.9. The largest absolute Gasteiger partial charge is 0.497 e. The first-order valence-electron chi connectivity index (χ1n) is 12.1. The van der Waals surface area contributed by atoms with Crippen LogP contribution in [-0.2, 0) is 16.6 Å². The second-order valence-corrected chi connectivity index (χ2v) is 11.7. The minimum Gasteiger partial charge on any atom is -0.497 e. The van der Waals surface area contributed by atoms with Crippen molar-refractivity contribution in [2.24, 2.45) is 5.92 Å². The topological polar surface area (TPSA) is 105 Å². The highest BCUT2D eigenvalue weighted by Crippen LogP contribution is 2.37. The zero-order valence-corrected chi connectivity index (χ0v) is 22.6. The summed E-state index contributed by atoms with van der Waals surface area (Å²) in [7, 11) is -0.809. The molecule has 37 heavy (non-hydrogen) atoms. The number of methoxy groups -OCH3 is 1. The average molecular weight is 524 g/mol. The Morgan fingerprint density at radius 3 is 2.65 bits per heavy atom. The van der Waals surface area contributed by atoms with Crippen LogP contribution in [0.3, 0.4) is 0 Å². The zero-order valence-electron chi connectivity index (χ0n) is 21.8. The third-order valence-corrected chi connectivity index (χ3v) is 7.75. The number of benzene rings is 1. The number of carbonyl (C=O) groups excluding carboxylic acids is 1. The van der Waals surface area contributed by atoms with Crippen molar-refractivity contribution in [3.05, 3.63) is 71.9 Å². The van der Waals surface area contributed by atoms with Gasteiger partial charge < -0.3 is 14.5 Å². The van der Waals surface area contributed by atoms with Gasteiger partial charge in [-0.3, -0.25) is 4.79 Å². The van der Waals surface area contributed by atoms with Gasteiger partial charge in [-0.1, -0.05) is 25.1 Å². The van der Waals surface area contributed by atoms with Gasteiger partial charge in [0.15, 0.2) is 5.03 Å². The first-order valence-corrected chi connectivity index (χ1v) is 13.6. The zero-order chi connectivity index (χ0) is 26.8. The second-order valence-electron chi connectivity index (χ2n) is 10.1. The molecule has 0 spiro atoms. The van der Waals surface area contributed by atoms with Crippen LogP contribution < -0.4 is 19.3 Å². The molecule has 3 heterocycles. The minimum atomic E-state index is -4.23. The summed E-state index contributed by atoms with van der Waals surface area (Å²) < 4.78 is 33.8. The van der Waals surface area contributed by atoms with Crippen molar-refractivity contribution >= 4 is 27.6 Å². The number of ether oxygens (including phenoxy) is 1. The van der Waals surface area contributed by atoms with Gasteiger partial charge in [-0.25, -0.2) is 14.7 Å². The molecule has 1 saturated heterocycles. The predicted molar refractivity (Wildman–Crippen MR) is 143 cm³/mol. The number of hydrogen-bond donors (Lipinski definition) is 1. The monoisotopic (exact) mass is 523 g/mol. The highest BCUT2D eigenvalue weighted by Gasteiger charge is 2.39. The third kappa shape index (κ3) is 5.85. The average Bonchev–Trinajstić information content (AvgIpc) is 3.15. The van der Waals surface area contributed by atoms with Crippen LogP contribution in [0.1, 0.15) is 43.1 Å². The maximum absolute atomic E-state index is 13.2. The van der Waals surface area contributed by atoms with Crippen LogP contribution in [0, 0.1) is 5.92 Å². The van der Waals surface area contributed by atoms with Crippen LogP contribution >= 0.6 is 0 Å². The van der Waals surface area contributed by atoms with E-state index in [0.717, 1.165) is 24.3 Å². The summed E-state index contributed by atoms with van der Waals surface area (Å²) in [6, 6.07) is 15.5. The van der Waals surface area contributed by atoms with Gasteiger partial charge in [-0.15, -0.1) is 0 Å². The molecule has 1 aliphatic rings. The van der Waals surface area contributed by atoms with Gasteiger partial charge in [-0.05, 0) is 68.1 Å². The van der Waals surface area contributed by atoms with Crippen molar-refractivity contribution < 1.29 is 17.9 Å². The molecule has 10 heteroatoms. The van der Waals surface area contributed by atoms with Gasteiger partial charge in [0.05, 0.1) is 12.7 Å². The molecule has 1 unspecified atom stereocenters. The van der Waals surface area contributed by atoms with Gasteiger partial charge in [0, 0.05) is 31.9 Å². The lowest BCUT2D eigenvalue weighted by Crippen LogP contribution is -2.41. The highest BCUT2D eigenvalue weighted by molar-refractivity contribution is 7.90. The number of pyridine rings is 2. The molecule has 1 amide bonds. The van der Waals surface area contributed by atoms with Gasteiger partial charge in [-0.2, -0.15) is 8.42 Å². The lowest BCUT2D eigenvalue weighted by molar-refractivity contribution is 0.0981. The van der Waals surface area contributed by atoms with E-state index in [0.29, 0.717) is 24.1 Å². The molecule has 0 bridgehead atoms. The van der Waals surface area contributed by atoms with E-state index in [4.69, 9.17) is 4.74 Å². The lowest BCUT2D eigenvalue weighted by Gasteiger charge is -2.33. The first kappa shape index (κ1) is 26.4. The molecule has 3 aromatic rings. The van der Waals surface area contributed by atoms with Gasteiger partial charge in [0.1, 0.15) is 17.4 Å². The van der Waals surface area contributed by atoms with E-state index in [9.17, 15) is 13.2 Å². The summed E-state index contributed by atoms with van der Waals surface area (Å²) in [5.74, 6) is 1.35.